The van der Waals surface area contributed by atoms with Crippen LogP contribution in [-0.4, -0.2) is 186 Å². The fourth-order valence-electron chi connectivity index (χ4n) is 14.3. The third-order valence-electron chi connectivity index (χ3n) is 21.1. The number of phenolic OH excluding ortho intramolecular Hbond substituents is 13. The topological polar surface area (TPSA) is 819 Å². The Labute approximate surface area is 814 Å². The number of nitrogen functional groups attached to an aromatic ring is 9. The lowest BCUT2D eigenvalue weighted by atomic mass is 10.0. The van der Waals surface area contributed by atoms with Gasteiger partial charge >= 0.3 is 0 Å². The first-order chi connectivity index (χ1) is 69.8. The van der Waals surface area contributed by atoms with E-state index in [-0.39, 0.29) is 144 Å². The van der Waals surface area contributed by atoms with Gasteiger partial charge in [-0.15, -0.1) is 0 Å². The summed E-state index contributed by atoms with van der Waals surface area (Å²) in [5.74, 6) is 0.622. The van der Waals surface area contributed by atoms with Crippen LogP contribution in [0.5, 0.6) is 74.7 Å². The normalized spacial score (nSPS) is 10.9. The second-order valence-corrected chi connectivity index (χ2v) is 31.2. The van der Waals surface area contributed by atoms with E-state index in [9.17, 15) is 66.4 Å². The van der Waals surface area contributed by atoms with E-state index in [0.717, 1.165) is 22.3 Å². The Morgan fingerprint density at radius 2 is 0.490 bits per heavy atom. The molecule has 0 saturated carbocycles. The van der Waals surface area contributed by atoms with Gasteiger partial charge in [0, 0.05) is 63.2 Å². The maximum Gasteiger partial charge on any atom is 0.224 e. The van der Waals surface area contributed by atoms with E-state index >= 15 is 0 Å². The summed E-state index contributed by atoms with van der Waals surface area (Å²) < 4.78 is 0. The Morgan fingerprint density at radius 3 is 0.862 bits per heavy atom. The maximum absolute atomic E-state index is 9.85. The van der Waals surface area contributed by atoms with Crippen molar-refractivity contribution in [2.24, 2.45) is 0 Å². The molecular formula is C98H78N34O13. The minimum atomic E-state index is -0.328. The smallest absolute Gasteiger partial charge is 0.224 e. The first-order valence-electron chi connectivity index (χ1n) is 42.7. The number of hydrogen-bond donors (Lipinski definition) is 23. The molecule has 22 aromatic rings. The Kier molecular flexibility index (Phi) is 26.9. The summed E-state index contributed by atoms with van der Waals surface area (Å²) in [4.78, 5) is 101. The van der Waals surface area contributed by atoms with Gasteiger partial charge in [-0.3, -0.25) is 0 Å². The van der Waals surface area contributed by atoms with Crippen LogP contribution in [0.25, 0.3) is 168 Å². The standard InChI is InChI=1S/C18H14N6O2.C18H13N5O4.2C18H13N5O2.C14H15N7O2.C12H10N6O/c19-16-15-17(24-18(20)23-16)22-14(10-4-2-6-12(26)8-10)13(21-15)9-3-1-5-11(25)7-9;19-17-16-18(21-7-20-17)23-15(9-2-4-11(25)13(27)6-9)14(22-16)8-1-3-10(24)12(26)5-8;19-17-16-18(21-9-20-17)23-15(11-3-7-13(25)8-4-11)14(22-16)10-1-5-12(24)6-2-10;19-17-16-18(21-9-20-17)23-15(11-4-2-6-13(25)8-11)14(22-16)10-3-1-5-12(24)7-10;15-12-11-13(21-14(16)20-12)18-6-8(19-11)5-17-4-7-1-2-9(22)10(23)3-7;13-10-9-11(18-12(14)17-10)15-5-8(16-9)6-1-3-7(19)4-2-6/h1-8,25-26H,(H4,19,20,22,23,24);1-7,24-27H,(H2,19,20,21,23);2*1-9,24-25H,(H2,19,20,21,23);1-3,6,17,22-23H,4-5H2,(H4,15,16,18,20,21);1-5,19H,(H4,13,14,15,17,18). The monoisotopic (exact) mass is 1940 g/mol. The van der Waals surface area contributed by atoms with Crippen molar-refractivity contribution in [1.82, 2.24) is 125 Å². The molecule has 0 aliphatic rings. The summed E-state index contributed by atoms with van der Waals surface area (Å²) in [6, 6.07) is 59.6. The van der Waals surface area contributed by atoms with Crippen molar-refractivity contribution < 1.29 is 66.4 Å². The molecule has 47 nitrogen and oxygen atoms in total. The molecule has 0 aliphatic carbocycles. The van der Waals surface area contributed by atoms with Gasteiger partial charge in [-0.25, -0.2) is 89.7 Å². The lowest BCUT2D eigenvalue weighted by molar-refractivity contribution is 0.403. The zero-order valence-corrected chi connectivity index (χ0v) is 74.9. The molecule has 0 atom stereocenters. The lowest BCUT2D eigenvalue weighted by Gasteiger charge is -2.12. The van der Waals surface area contributed by atoms with Crippen LogP contribution in [0, 0.1) is 0 Å². The summed E-state index contributed by atoms with van der Waals surface area (Å²) in [5, 5.41) is 128. The molecule has 22 rings (SSSR count). The molecule has 0 amide bonds. The highest BCUT2D eigenvalue weighted by Crippen LogP contribution is 2.42. The number of rotatable bonds is 13. The zero-order valence-electron chi connectivity index (χ0n) is 74.9. The predicted octanol–water partition coefficient (Wildman–Crippen LogP) is 11.2. The summed E-state index contributed by atoms with van der Waals surface area (Å²) >= 11 is 0. The fraction of sp³-hybridized carbons (Fsp3) is 0.0204. The highest BCUT2D eigenvalue weighted by atomic mass is 16.3. The molecule has 145 heavy (non-hydrogen) atoms. The fourth-order valence-corrected chi connectivity index (χ4v) is 14.3. The quantitative estimate of drug-likeness (QED) is 0.0477. The van der Waals surface area contributed by atoms with Crippen LogP contribution >= 0.6 is 0 Å². The number of benzene rings is 10. The number of aromatic nitrogens is 24. The first-order valence-corrected chi connectivity index (χ1v) is 42.7. The second kappa shape index (κ2) is 41.1. The number of phenols is 13. The molecule has 0 aliphatic heterocycles. The van der Waals surface area contributed by atoms with Gasteiger partial charge in [0.15, 0.2) is 136 Å². The molecule has 0 unspecified atom stereocenters. The van der Waals surface area contributed by atoms with Gasteiger partial charge in [0.2, 0.25) is 17.8 Å². The van der Waals surface area contributed by atoms with Gasteiger partial charge in [0.25, 0.3) is 0 Å². The molecule has 12 heterocycles. The number of aromatic hydroxyl groups is 13. The number of anilines is 9. The van der Waals surface area contributed by atoms with Crippen molar-refractivity contribution in [2.75, 3.05) is 51.6 Å². The first kappa shape index (κ1) is 95.0. The average Bonchev–Trinajstić information content (AvgIpc) is 0.783. The van der Waals surface area contributed by atoms with Gasteiger partial charge in [0.1, 0.15) is 59.2 Å². The predicted molar refractivity (Wildman–Crippen MR) is 538 cm³/mol. The third kappa shape index (κ3) is 21.7. The van der Waals surface area contributed by atoms with Gasteiger partial charge in [0.05, 0.1) is 69.3 Å². The Hall–Kier alpha value is -21.7. The molecule has 0 bridgehead atoms. The molecule has 32 N–H and O–H groups in total. The van der Waals surface area contributed by atoms with Crippen LogP contribution < -0.4 is 56.9 Å². The van der Waals surface area contributed by atoms with Crippen LogP contribution in [0.15, 0.2) is 256 Å². The second-order valence-electron chi connectivity index (χ2n) is 31.2. The van der Waals surface area contributed by atoms with Crippen molar-refractivity contribution >= 4 is 120 Å². The zero-order chi connectivity index (χ0) is 102. The SMILES string of the molecule is Nc1nc(N)c2nc(-c3ccc(O)cc3)cnc2n1.Nc1nc(N)c2nc(-c3cccc(O)c3)c(-c3cccc(O)c3)nc2n1.Nc1nc(N)c2nc(CNCc3ccc(O)c(O)c3)cnc2n1.Nc1ncnc2nc(-c3ccc(O)c(O)c3)c(-c3ccc(O)c(O)c3)nc12.Nc1ncnc2nc(-c3ccc(O)cc3)c(-c3ccc(O)cc3)nc12.Nc1ncnc2nc(-c3cccc(O)c3)c(-c3cccc(O)c3)nc12. The number of nitrogens with two attached hydrogens (primary N) is 9. The van der Waals surface area contributed by atoms with Gasteiger partial charge in [-0.2, -0.15) is 29.9 Å². The summed E-state index contributed by atoms with van der Waals surface area (Å²) in [6.45, 7) is 0.926. The number of hydrogen-bond acceptors (Lipinski definition) is 47. The van der Waals surface area contributed by atoms with E-state index in [2.05, 4.69) is 125 Å². The molecule has 718 valence electrons. The summed E-state index contributed by atoms with van der Waals surface area (Å²) in [7, 11) is 0. The Morgan fingerprint density at radius 1 is 0.200 bits per heavy atom. The Balaban J connectivity index is 0.000000120. The molecular weight excluding hydrogens is 1860 g/mol. The highest BCUT2D eigenvalue weighted by molar-refractivity contribution is 5.95. The number of nitrogens with zero attached hydrogens (tertiary/aromatic N) is 24. The number of nitrogens with one attached hydrogen (secondary N) is 1. The third-order valence-corrected chi connectivity index (χ3v) is 21.1. The van der Waals surface area contributed by atoms with E-state index in [1.165, 1.54) is 55.4 Å². The molecule has 0 radical (unpaired) electrons. The van der Waals surface area contributed by atoms with Crippen LogP contribution in [0.2, 0.25) is 0 Å². The summed E-state index contributed by atoms with van der Waals surface area (Å²) in [5.41, 5.74) is 67.7. The molecule has 0 spiro atoms. The maximum atomic E-state index is 9.85. The van der Waals surface area contributed by atoms with Crippen LogP contribution in [0.1, 0.15) is 11.3 Å². The van der Waals surface area contributed by atoms with Gasteiger partial charge < -0.3 is 123 Å². The van der Waals surface area contributed by atoms with Crippen LogP contribution in [0.4, 0.5) is 52.8 Å². The minimum Gasteiger partial charge on any atom is -0.508 e. The van der Waals surface area contributed by atoms with Crippen molar-refractivity contribution in [3.63, 3.8) is 0 Å². The highest BCUT2D eigenvalue weighted by Gasteiger charge is 2.24. The van der Waals surface area contributed by atoms with E-state index in [1.54, 1.807) is 188 Å². The van der Waals surface area contributed by atoms with Crippen LogP contribution in [-0.2, 0) is 13.1 Å². The van der Waals surface area contributed by atoms with Crippen molar-refractivity contribution in [1.29, 1.82) is 0 Å². The lowest BCUT2D eigenvalue weighted by Crippen LogP contribution is -2.14. The summed E-state index contributed by atoms with van der Waals surface area (Å²) in [6.07, 6.45) is 7.08. The van der Waals surface area contributed by atoms with E-state index in [0.29, 0.717) is 154 Å². The van der Waals surface area contributed by atoms with E-state index in [4.69, 9.17) is 51.6 Å². The van der Waals surface area contributed by atoms with Crippen molar-refractivity contribution in [2.45, 2.75) is 13.1 Å². The van der Waals surface area contributed by atoms with E-state index in [1.807, 2.05) is 12.1 Å². The van der Waals surface area contributed by atoms with Crippen molar-refractivity contribution in [3.8, 4) is 176 Å². The van der Waals surface area contributed by atoms with Crippen LogP contribution in [0.3, 0.4) is 0 Å². The molecule has 10 aromatic carbocycles. The van der Waals surface area contributed by atoms with Gasteiger partial charge in [-0.1, -0.05) is 54.6 Å². The molecule has 0 saturated heterocycles. The molecule has 0 fully saturated rings. The van der Waals surface area contributed by atoms with Gasteiger partial charge in [-0.05, 0) is 175 Å². The Bertz CT molecular complexity index is 8710. The molecule has 47 heteroatoms. The largest absolute Gasteiger partial charge is 0.508 e. The van der Waals surface area contributed by atoms with Crippen molar-refractivity contribution in [3.05, 3.63) is 267 Å². The number of fused-ring (bicyclic) bond motifs is 6. The molecule has 12 aromatic heterocycles. The average molecular weight is 1940 g/mol. The minimum absolute atomic E-state index is 0.00346. The van der Waals surface area contributed by atoms with E-state index < -0.39 is 0 Å².